The third kappa shape index (κ3) is 4.89. The number of halogens is 1. The molecule has 28 heavy (non-hydrogen) atoms. The Morgan fingerprint density at radius 1 is 1.25 bits per heavy atom. The molecule has 0 aliphatic carbocycles. The summed E-state index contributed by atoms with van der Waals surface area (Å²) in [5.74, 6) is 1.29. The molecule has 0 bridgehead atoms. The van der Waals surface area contributed by atoms with Crippen LogP contribution in [0.3, 0.4) is 0 Å². The van der Waals surface area contributed by atoms with Crippen molar-refractivity contribution in [2.75, 3.05) is 26.2 Å². The van der Waals surface area contributed by atoms with Crippen molar-refractivity contribution in [2.24, 2.45) is 5.92 Å². The van der Waals surface area contributed by atoms with Crippen molar-refractivity contribution in [1.29, 1.82) is 5.26 Å². The van der Waals surface area contributed by atoms with Crippen LogP contribution in [0.25, 0.3) is 11.4 Å². The molecule has 3 rings (SSSR count). The monoisotopic (exact) mass is 401 g/mol. The lowest BCUT2D eigenvalue weighted by molar-refractivity contribution is -0.133. The van der Waals surface area contributed by atoms with Gasteiger partial charge in [0, 0.05) is 49.6 Å². The van der Waals surface area contributed by atoms with E-state index >= 15 is 0 Å². The van der Waals surface area contributed by atoms with Gasteiger partial charge in [0.05, 0.1) is 6.07 Å². The first-order valence-electron chi connectivity index (χ1n) is 9.48. The molecule has 7 nitrogen and oxygen atoms in total. The molecule has 8 heteroatoms. The summed E-state index contributed by atoms with van der Waals surface area (Å²) in [5.41, 5.74) is 0.819. The highest BCUT2D eigenvalue weighted by atomic mass is 35.5. The van der Waals surface area contributed by atoms with Crippen LogP contribution in [-0.2, 0) is 11.2 Å². The summed E-state index contributed by atoms with van der Waals surface area (Å²) in [7, 11) is 0. The summed E-state index contributed by atoms with van der Waals surface area (Å²) in [6.07, 6.45) is 0.737. The molecular weight excluding hydrogens is 378 g/mol. The summed E-state index contributed by atoms with van der Waals surface area (Å²) in [6.45, 7) is 6.84. The van der Waals surface area contributed by atoms with Crippen molar-refractivity contribution >= 4 is 17.5 Å². The maximum absolute atomic E-state index is 12.5. The molecule has 1 atom stereocenters. The van der Waals surface area contributed by atoms with Crippen LogP contribution in [0.2, 0.25) is 5.02 Å². The molecule has 1 saturated heterocycles. The standard InChI is InChI=1S/C20H24ClN5O2/c1-14(2)17(13-22)25-9-11-26(12-10-25)19(27)8-7-18-23-20(24-28-18)15-3-5-16(21)6-4-15/h3-6,14,17H,7-12H2,1-2H3. The molecule has 1 aromatic carbocycles. The zero-order valence-corrected chi connectivity index (χ0v) is 16.9. The van der Waals surface area contributed by atoms with Crippen molar-refractivity contribution in [3.05, 3.63) is 35.2 Å². The second kappa shape index (κ2) is 9.18. The zero-order chi connectivity index (χ0) is 20.1. The fraction of sp³-hybridized carbons (Fsp3) is 0.500. The van der Waals surface area contributed by atoms with Crippen molar-refractivity contribution in [1.82, 2.24) is 19.9 Å². The quantitative estimate of drug-likeness (QED) is 0.739. The van der Waals surface area contributed by atoms with E-state index in [0.29, 0.717) is 42.7 Å². The van der Waals surface area contributed by atoms with E-state index in [9.17, 15) is 10.1 Å². The van der Waals surface area contributed by atoms with E-state index in [1.54, 1.807) is 12.1 Å². The van der Waals surface area contributed by atoms with Crippen molar-refractivity contribution in [2.45, 2.75) is 32.7 Å². The summed E-state index contributed by atoms with van der Waals surface area (Å²) < 4.78 is 5.27. The molecule has 2 aromatic rings. The van der Waals surface area contributed by atoms with Gasteiger partial charge in [0.2, 0.25) is 17.6 Å². The summed E-state index contributed by atoms with van der Waals surface area (Å²) in [5, 5.41) is 13.9. The molecule has 0 N–H and O–H groups in total. The SMILES string of the molecule is CC(C)C(C#N)N1CCN(C(=O)CCc2nc(-c3ccc(Cl)cc3)no2)CC1. The van der Waals surface area contributed by atoms with Gasteiger partial charge in [-0.25, -0.2) is 0 Å². The maximum Gasteiger partial charge on any atom is 0.227 e. The average Bonchev–Trinajstić information content (AvgIpc) is 3.16. The van der Waals surface area contributed by atoms with Gasteiger partial charge in [-0.3, -0.25) is 9.69 Å². The largest absolute Gasteiger partial charge is 0.340 e. The third-order valence-electron chi connectivity index (χ3n) is 4.95. The van der Waals surface area contributed by atoms with E-state index in [1.807, 2.05) is 30.9 Å². The second-order valence-electron chi connectivity index (χ2n) is 7.25. The number of piperazine rings is 1. The molecule has 1 fully saturated rings. The number of benzene rings is 1. The Kier molecular flexibility index (Phi) is 6.65. The maximum atomic E-state index is 12.5. The molecule has 1 amide bonds. The van der Waals surface area contributed by atoms with E-state index < -0.39 is 0 Å². The van der Waals surface area contributed by atoms with Crippen molar-refractivity contribution in [3.8, 4) is 17.5 Å². The van der Waals surface area contributed by atoms with Crippen LogP contribution in [0.5, 0.6) is 0 Å². The van der Waals surface area contributed by atoms with Crippen LogP contribution in [0.4, 0.5) is 0 Å². The Morgan fingerprint density at radius 3 is 2.54 bits per heavy atom. The topological polar surface area (TPSA) is 86.3 Å². The Hall–Kier alpha value is -2.43. The number of carbonyl (C=O) groups excluding carboxylic acids is 1. The number of nitrogens with zero attached hydrogens (tertiary/aromatic N) is 5. The molecule has 1 aromatic heterocycles. The van der Waals surface area contributed by atoms with Gasteiger partial charge in [-0.2, -0.15) is 10.2 Å². The number of aryl methyl sites for hydroxylation is 1. The lowest BCUT2D eigenvalue weighted by Gasteiger charge is -2.38. The van der Waals surface area contributed by atoms with Gasteiger partial charge in [-0.05, 0) is 30.2 Å². The summed E-state index contributed by atoms with van der Waals surface area (Å²) >= 11 is 5.89. The van der Waals surface area contributed by atoms with Gasteiger partial charge in [0.15, 0.2) is 0 Å². The number of hydrogen-bond acceptors (Lipinski definition) is 6. The third-order valence-corrected chi connectivity index (χ3v) is 5.20. The Labute approximate surface area is 169 Å². The lowest BCUT2D eigenvalue weighted by atomic mass is 10.0. The van der Waals surface area contributed by atoms with Crippen LogP contribution >= 0.6 is 11.6 Å². The van der Waals surface area contributed by atoms with E-state index in [1.165, 1.54) is 0 Å². The fourth-order valence-corrected chi connectivity index (χ4v) is 3.47. The number of nitriles is 1. The Balaban J connectivity index is 1.49. The van der Waals surface area contributed by atoms with Crippen molar-refractivity contribution in [3.63, 3.8) is 0 Å². The molecule has 2 heterocycles. The van der Waals surface area contributed by atoms with Gasteiger partial charge in [0.1, 0.15) is 6.04 Å². The number of amides is 1. The van der Waals surface area contributed by atoms with Gasteiger partial charge >= 0.3 is 0 Å². The predicted octanol–water partition coefficient (Wildman–Crippen LogP) is 3.01. The number of rotatable bonds is 6. The zero-order valence-electron chi connectivity index (χ0n) is 16.1. The first-order chi connectivity index (χ1) is 13.5. The normalized spacial score (nSPS) is 16.2. The van der Waals surface area contributed by atoms with E-state index in [4.69, 9.17) is 16.1 Å². The van der Waals surface area contributed by atoms with Crippen LogP contribution in [0.15, 0.2) is 28.8 Å². The first kappa shape index (κ1) is 20.3. The smallest absolute Gasteiger partial charge is 0.227 e. The highest BCUT2D eigenvalue weighted by Crippen LogP contribution is 2.19. The predicted molar refractivity (Wildman–Crippen MR) is 105 cm³/mol. The molecule has 0 spiro atoms. The fourth-order valence-electron chi connectivity index (χ4n) is 3.35. The minimum Gasteiger partial charge on any atom is -0.340 e. The summed E-state index contributed by atoms with van der Waals surface area (Å²) in [6, 6.07) is 9.47. The van der Waals surface area contributed by atoms with E-state index in [0.717, 1.165) is 18.7 Å². The van der Waals surface area contributed by atoms with Gasteiger partial charge in [0.25, 0.3) is 0 Å². The Morgan fingerprint density at radius 2 is 1.93 bits per heavy atom. The Bertz CT molecular complexity index is 835. The van der Waals surface area contributed by atoms with E-state index in [-0.39, 0.29) is 17.9 Å². The van der Waals surface area contributed by atoms with Crippen LogP contribution in [0.1, 0.15) is 26.2 Å². The molecule has 0 saturated carbocycles. The van der Waals surface area contributed by atoms with Gasteiger partial charge in [-0.15, -0.1) is 0 Å². The average molecular weight is 402 g/mol. The minimum atomic E-state index is -0.0954. The van der Waals surface area contributed by atoms with E-state index in [2.05, 4.69) is 21.1 Å². The molecule has 148 valence electrons. The summed E-state index contributed by atoms with van der Waals surface area (Å²) in [4.78, 5) is 20.9. The highest BCUT2D eigenvalue weighted by Gasteiger charge is 2.27. The molecule has 1 aliphatic rings. The second-order valence-corrected chi connectivity index (χ2v) is 7.69. The number of hydrogen-bond donors (Lipinski definition) is 0. The number of aromatic nitrogens is 2. The van der Waals surface area contributed by atoms with Crippen LogP contribution in [0, 0.1) is 17.2 Å². The lowest BCUT2D eigenvalue weighted by Crippen LogP contribution is -2.52. The molecule has 1 aliphatic heterocycles. The number of carbonyl (C=O) groups is 1. The van der Waals surface area contributed by atoms with Crippen LogP contribution in [-0.4, -0.2) is 58.1 Å². The molecule has 1 unspecified atom stereocenters. The minimum absolute atomic E-state index is 0.0731. The highest BCUT2D eigenvalue weighted by molar-refractivity contribution is 6.30. The first-order valence-corrected chi connectivity index (χ1v) is 9.85. The molecule has 0 radical (unpaired) electrons. The van der Waals surface area contributed by atoms with Gasteiger partial charge in [-0.1, -0.05) is 30.6 Å². The van der Waals surface area contributed by atoms with Crippen molar-refractivity contribution < 1.29 is 9.32 Å². The van der Waals surface area contributed by atoms with Crippen LogP contribution < -0.4 is 0 Å². The van der Waals surface area contributed by atoms with Gasteiger partial charge < -0.3 is 9.42 Å². The molecular formula is C20H24ClN5O2.